The SMILES string of the molecule is COc1coc([C@H](O)[C@@H](C)[N+](=O)[O-])cc1=O. The normalized spacial score (nSPS) is 14.2. The van der Waals surface area contributed by atoms with E-state index in [-0.39, 0.29) is 11.5 Å². The molecular weight excluding hydrogens is 218 g/mol. The van der Waals surface area contributed by atoms with Crippen LogP contribution < -0.4 is 10.2 Å². The van der Waals surface area contributed by atoms with Gasteiger partial charge in [-0.15, -0.1) is 0 Å². The Morgan fingerprint density at radius 2 is 2.25 bits per heavy atom. The summed E-state index contributed by atoms with van der Waals surface area (Å²) in [6, 6.07) is -0.278. The fraction of sp³-hybridized carbons (Fsp3) is 0.444. The minimum atomic E-state index is -1.46. The molecule has 1 aromatic rings. The summed E-state index contributed by atoms with van der Waals surface area (Å²) in [5.74, 6) is -0.181. The first kappa shape index (κ1) is 12.2. The third-order valence-electron chi connectivity index (χ3n) is 2.12. The molecule has 1 heterocycles. The molecule has 0 unspecified atom stereocenters. The average molecular weight is 229 g/mol. The molecule has 0 radical (unpaired) electrons. The molecule has 0 saturated carbocycles. The molecule has 88 valence electrons. The highest BCUT2D eigenvalue weighted by Crippen LogP contribution is 2.18. The maximum Gasteiger partial charge on any atom is 0.243 e. The van der Waals surface area contributed by atoms with Gasteiger partial charge >= 0.3 is 0 Å². The topological polar surface area (TPSA) is 103 Å². The van der Waals surface area contributed by atoms with Crippen molar-refractivity contribution in [2.45, 2.75) is 19.1 Å². The molecule has 1 N–H and O–H groups in total. The predicted octanol–water partition coefficient (Wildman–Crippen LogP) is 0.347. The van der Waals surface area contributed by atoms with E-state index in [2.05, 4.69) is 4.74 Å². The highest BCUT2D eigenvalue weighted by Gasteiger charge is 2.28. The summed E-state index contributed by atoms with van der Waals surface area (Å²) in [5, 5.41) is 20.0. The van der Waals surface area contributed by atoms with E-state index in [0.29, 0.717) is 0 Å². The van der Waals surface area contributed by atoms with Crippen LogP contribution in [-0.4, -0.2) is 23.2 Å². The van der Waals surface area contributed by atoms with Crippen molar-refractivity contribution in [1.82, 2.24) is 0 Å². The van der Waals surface area contributed by atoms with Crippen molar-refractivity contribution in [1.29, 1.82) is 0 Å². The van der Waals surface area contributed by atoms with Gasteiger partial charge in [0, 0.05) is 17.9 Å². The number of rotatable bonds is 4. The van der Waals surface area contributed by atoms with Crippen LogP contribution in [0.15, 0.2) is 21.5 Å². The molecule has 1 aromatic heterocycles. The first-order chi connectivity index (χ1) is 7.47. The molecule has 16 heavy (non-hydrogen) atoms. The fourth-order valence-corrected chi connectivity index (χ4v) is 1.07. The Hall–Kier alpha value is -1.89. The lowest BCUT2D eigenvalue weighted by atomic mass is 10.1. The van der Waals surface area contributed by atoms with Gasteiger partial charge in [0.15, 0.2) is 6.10 Å². The van der Waals surface area contributed by atoms with Crippen molar-refractivity contribution in [3.05, 3.63) is 38.4 Å². The van der Waals surface area contributed by atoms with Crippen LogP contribution in [0.1, 0.15) is 18.8 Å². The minimum Gasteiger partial charge on any atom is -0.490 e. The van der Waals surface area contributed by atoms with Crippen molar-refractivity contribution in [2.24, 2.45) is 0 Å². The molecule has 0 bridgehead atoms. The highest BCUT2D eigenvalue weighted by molar-refractivity contribution is 5.18. The largest absolute Gasteiger partial charge is 0.490 e. The highest BCUT2D eigenvalue weighted by atomic mass is 16.6. The third kappa shape index (κ3) is 2.37. The van der Waals surface area contributed by atoms with Gasteiger partial charge in [-0.1, -0.05) is 0 Å². The van der Waals surface area contributed by atoms with Crippen molar-refractivity contribution in [3.63, 3.8) is 0 Å². The molecular formula is C9H11NO6. The first-order valence-electron chi connectivity index (χ1n) is 4.45. The molecule has 0 aromatic carbocycles. The van der Waals surface area contributed by atoms with Crippen LogP contribution in [0.2, 0.25) is 0 Å². The molecule has 0 spiro atoms. The van der Waals surface area contributed by atoms with Crippen LogP contribution in [0.4, 0.5) is 0 Å². The van der Waals surface area contributed by atoms with Crippen LogP contribution in [0.5, 0.6) is 5.75 Å². The van der Waals surface area contributed by atoms with Gasteiger partial charge in [-0.2, -0.15) is 0 Å². The summed E-state index contributed by atoms with van der Waals surface area (Å²) in [7, 11) is 1.29. The van der Waals surface area contributed by atoms with Crippen LogP contribution in [0.25, 0.3) is 0 Å². The van der Waals surface area contributed by atoms with Crippen molar-refractivity contribution < 1.29 is 19.2 Å². The van der Waals surface area contributed by atoms with Gasteiger partial charge in [-0.05, 0) is 0 Å². The Balaban J connectivity index is 3.02. The van der Waals surface area contributed by atoms with Gasteiger partial charge in [0.1, 0.15) is 12.0 Å². The van der Waals surface area contributed by atoms with Crippen LogP contribution >= 0.6 is 0 Å². The second-order valence-electron chi connectivity index (χ2n) is 3.19. The van der Waals surface area contributed by atoms with E-state index in [4.69, 9.17) is 4.42 Å². The summed E-state index contributed by atoms with van der Waals surface area (Å²) in [6.07, 6.45) is -0.457. The molecule has 0 saturated heterocycles. The van der Waals surface area contributed by atoms with Crippen LogP contribution in [0.3, 0.4) is 0 Å². The van der Waals surface area contributed by atoms with E-state index < -0.39 is 22.5 Å². The molecule has 0 aliphatic carbocycles. The molecule has 0 amide bonds. The molecule has 0 aliphatic rings. The fourth-order valence-electron chi connectivity index (χ4n) is 1.07. The second kappa shape index (κ2) is 4.75. The van der Waals surface area contributed by atoms with E-state index in [1.807, 2.05) is 0 Å². The van der Waals surface area contributed by atoms with Crippen molar-refractivity contribution >= 4 is 0 Å². The van der Waals surface area contributed by atoms with Gasteiger partial charge in [-0.25, -0.2) is 0 Å². The van der Waals surface area contributed by atoms with Crippen LogP contribution in [-0.2, 0) is 0 Å². The summed E-state index contributed by atoms with van der Waals surface area (Å²) in [5.41, 5.74) is -0.502. The lowest BCUT2D eigenvalue weighted by molar-refractivity contribution is -0.531. The number of ether oxygens (including phenoxy) is 1. The lowest BCUT2D eigenvalue weighted by Crippen LogP contribution is -2.24. The zero-order valence-electron chi connectivity index (χ0n) is 8.75. The molecule has 7 nitrogen and oxygen atoms in total. The van der Waals surface area contributed by atoms with E-state index in [9.17, 15) is 20.0 Å². The zero-order valence-corrected chi connectivity index (χ0v) is 8.75. The van der Waals surface area contributed by atoms with E-state index >= 15 is 0 Å². The number of aliphatic hydroxyl groups is 1. The Morgan fingerprint density at radius 1 is 1.62 bits per heavy atom. The number of hydrogen-bond acceptors (Lipinski definition) is 6. The number of hydrogen-bond donors (Lipinski definition) is 1. The standard InChI is InChI=1S/C9H11NO6/c1-5(10(13)14)9(12)7-3-6(11)8(15-2)4-16-7/h3-5,9,12H,1-2H3/t5-,9-/m1/s1. The van der Waals surface area contributed by atoms with E-state index in [1.165, 1.54) is 14.0 Å². The number of nitro groups is 1. The van der Waals surface area contributed by atoms with Gasteiger partial charge in [0.25, 0.3) is 0 Å². The molecule has 0 fully saturated rings. The quantitative estimate of drug-likeness (QED) is 0.590. The zero-order chi connectivity index (χ0) is 12.3. The number of methoxy groups -OCH3 is 1. The van der Waals surface area contributed by atoms with E-state index in [1.54, 1.807) is 0 Å². The van der Waals surface area contributed by atoms with Gasteiger partial charge < -0.3 is 14.3 Å². The summed E-state index contributed by atoms with van der Waals surface area (Å²) in [4.78, 5) is 21.1. The van der Waals surface area contributed by atoms with Crippen molar-refractivity contribution in [3.8, 4) is 5.75 Å². The Bertz CT molecular complexity index is 440. The minimum absolute atomic E-state index is 0.0234. The smallest absolute Gasteiger partial charge is 0.243 e. The Kier molecular flexibility index (Phi) is 3.62. The van der Waals surface area contributed by atoms with E-state index in [0.717, 1.165) is 12.3 Å². The predicted molar refractivity (Wildman–Crippen MR) is 52.9 cm³/mol. The van der Waals surface area contributed by atoms with Gasteiger partial charge in [-0.3, -0.25) is 14.9 Å². The maximum absolute atomic E-state index is 11.3. The van der Waals surface area contributed by atoms with Gasteiger partial charge in [0.2, 0.25) is 17.2 Å². The van der Waals surface area contributed by atoms with Gasteiger partial charge in [0.05, 0.1) is 7.11 Å². The van der Waals surface area contributed by atoms with Crippen LogP contribution in [0, 0.1) is 10.1 Å². The average Bonchev–Trinajstić information content (AvgIpc) is 2.26. The number of aliphatic hydroxyl groups excluding tert-OH is 1. The summed E-state index contributed by atoms with van der Waals surface area (Å²) >= 11 is 0. The molecule has 1 rings (SSSR count). The summed E-state index contributed by atoms with van der Waals surface area (Å²) in [6.45, 7) is 1.22. The Labute approximate surface area is 90.4 Å². The third-order valence-corrected chi connectivity index (χ3v) is 2.12. The molecule has 0 aliphatic heterocycles. The molecule has 7 heteroatoms. The monoisotopic (exact) mass is 229 g/mol. The maximum atomic E-state index is 11.3. The first-order valence-corrected chi connectivity index (χ1v) is 4.45. The summed E-state index contributed by atoms with van der Waals surface area (Å²) < 4.78 is 9.55. The molecule has 2 atom stereocenters. The number of nitrogens with zero attached hydrogens (tertiary/aromatic N) is 1. The lowest BCUT2D eigenvalue weighted by Gasteiger charge is -2.10. The second-order valence-corrected chi connectivity index (χ2v) is 3.19. The Morgan fingerprint density at radius 3 is 2.69 bits per heavy atom. The van der Waals surface area contributed by atoms with Crippen molar-refractivity contribution in [2.75, 3.05) is 7.11 Å².